The highest BCUT2D eigenvalue weighted by Crippen LogP contribution is 2.26. The minimum atomic E-state index is -0.639. The van der Waals surface area contributed by atoms with Gasteiger partial charge in [0.2, 0.25) is 0 Å². The fraction of sp³-hybridized carbons (Fsp3) is 0. The van der Waals surface area contributed by atoms with Crippen LogP contribution < -0.4 is 5.32 Å². The molecule has 0 aliphatic heterocycles. The lowest BCUT2D eigenvalue weighted by Crippen LogP contribution is -1.98. The Balaban J connectivity index is 2.44. The van der Waals surface area contributed by atoms with E-state index in [2.05, 4.69) is 10.3 Å². The third kappa shape index (κ3) is 2.39. The predicted octanol–water partition coefficient (Wildman–Crippen LogP) is 3.63. The van der Waals surface area contributed by atoms with Crippen LogP contribution >= 0.6 is 11.6 Å². The van der Waals surface area contributed by atoms with Crippen molar-refractivity contribution in [1.29, 1.82) is 5.26 Å². The Morgan fingerprint density at radius 3 is 2.72 bits per heavy atom. The van der Waals surface area contributed by atoms with Crippen molar-refractivity contribution in [2.45, 2.75) is 0 Å². The molecule has 0 spiro atoms. The van der Waals surface area contributed by atoms with Crippen molar-refractivity contribution in [3.05, 3.63) is 52.8 Å². The summed E-state index contributed by atoms with van der Waals surface area (Å²) >= 11 is 5.77. The number of nitrogens with zero attached hydrogens (tertiary/aromatic N) is 2. The summed E-state index contributed by atoms with van der Waals surface area (Å²) in [5.41, 5.74) is 0.250. The van der Waals surface area contributed by atoms with E-state index in [1.54, 1.807) is 0 Å². The second kappa shape index (κ2) is 4.98. The number of rotatable bonds is 2. The van der Waals surface area contributed by atoms with Crippen molar-refractivity contribution < 1.29 is 8.78 Å². The first kappa shape index (κ1) is 12.3. The van der Waals surface area contributed by atoms with Crippen molar-refractivity contribution in [2.24, 2.45) is 0 Å². The maximum absolute atomic E-state index is 13.4. The molecular weight excluding hydrogens is 260 g/mol. The Kier molecular flexibility index (Phi) is 3.40. The first-order valence-corrected chi connectivity index (χ1v) is 5.25. The van der Waals surface area contributed by atoms with Crippen molar-refractivity contribution in [3.63, 3.8) is 0 Å². The van der Waals surface area contributed by atoms with Gasteiger partial charge >= 0.3 is 0 Å². The highest BCUT2D eigenvalue weighted by molar-refractivity contribution is 6.32. The third-order valence-corrected chi connectivity index (χ3v) is 2.50. The number of anilines is 2. The van der Waals surface area contributed by atoms with Crippen molar-refractivity contribution in [1.82, 2.24) is 4.98 Å². The van der Waals surface area contributed by atoms with Crippen LogP contribution in [0.15, 0.2) is 30.6 Å². The number of hydrogen-bond donors (Lipinski definition) is 1. The van der Waals surface area contributed by atoms with E-state index in [1.807, 2.05) is 6.07 Å². The zero-order valence-corrected chi connectivity index (χ0v) is 9.67. The molecule has 1 aromatic heterocycles. The smallest absolute Gasteiger partial charge is 0.146 e. The van der Waals surface area contributed by atoms with E-state index >= 15 is 0 Å². The van der Waals surface area contributed by atoms with Crippen LogP contribution in [-0.2, 0) is 0 Å². The second-order valence-corrected chi connectivity index (χ2v) is 3.81. The predicted molar refractivity (Wildman–Crippen MR) is 63.6 cm³/mol. The van der Waals surface area contributed by atoms with Gasteiger partial charge in [-0.15, -0.1) is 0 Å². The lowest BCUT2D eigenvalue weighted by Gasteiger charge is -2.09. The van der Waals surface area contributed by atoms with Gasteiger partial charge in [-0.1, -0.05) is 11.6 Å². The van der Waals surface area contributed by atoms with Gasteiger partial charge in [-0.25, -0.2) is 8.78 Å². The quantitative estimate of drug-likeness (QED) is 0.902. The van der Waals surface area contributed by atoms with E-state index in [9.17, 15) is 8.78 Å². The normalized spacial score (nSPS) is 9.89. The van der Waals surface area contributed by atoms with Gasteiger partial charge in [-0.05, 0) is 12.1 Å². The van der Waals surface area contributed by atoms with Gasteiger partial charge in [0.25, 0.3) is 0 Å². The van der Waals surface area contributed by atoms with Crippen LogP contribution in [-0.4, -0.2) is 4.98 Å². The molecule has 0 bridgehead atoms. The standard InChI is InChI=1S/C12H6ClF2N3/c13-9-5-17-6-12(8(9)4-16)18-11-3-7(14)1-2-10(11)15/h1-3,5-6,18H. The van der Waals surface area contributed by atoms with Gasteiger partial charge in [0.05, 0.1) is 28.2 Å². The number of benzene rings is 1. The van der Waals surface area contributed by atoms with Gasteiger partial charge in [-0.3, -0.25) is 4.98 Å². The summed E-state index contributed by atoms with van der Waals surface area (Å²) < 4.78 is 26.4. The van der Waals surface area contributed by atoms with Crippen molar-refractivity contribution in [2.75, 3.05) is 5.32 Å². The molecule has 0 atom stereocenters. The van der Waals surface area contributed by atoms with Crippen LogP contribution in [0.25, 0.3) is 0 Å². The van der Waals surface area contributed by atoms with E-state index in [0.717, 1.165) is 18.2 Å². The summed E-state index contributed by atoms with van der Waals surface area (Å²) in [6.07, 6.45) is 2.61. The highest BCUT2D eigenvalue weighted by Gasteiger charge is 2.10. The average molecular weight is 266 g/mol. The first-order chi connectivity index (χ1) is 8.61. The molecule has 0 unspecified atom stereocenters. The van der Waals surface area contributed by atoms with E-state index in [-0.39, 0.29) is 22.0 Å². The minimum absolute atomic E-state index is 0.0874. The van der Waals surface area contributed by atoms with Gasteiger partial charge in [0.15, 0.2) is 0 Å². The molecule has 0 radical (unpaired) electrons. The molecule has 0 fully saturated rings. The molecule has 0 amide bonds. The Labute approximate surface area is 107 Å². The molecule has 0 aliphatic carbocycles. The summed E-state index contributed by atoms with van der Waals surface area (Å²) in [4.78, 5) is 3.78. The molecular formula is C12H6ClF2N3. The van der Waals surface area contributed by atoms with Gasteiger partial charge in [-0.2, -0.15) is 5.26 Å². The maximum Gasteiger partial charge on any atom is 0.146 e. The molecule has 1 heterocycles. The molecule has 6 heteroatoms. The monoisotopic (exact) mass is 265 g/mol. The average Bonchev–Trinajstić information content (AvgIpc) is 2.34. The van der Waals surface area contributed by atoms with Gasteiger partial charge in [0.1, 0.15) is 17.7 Å². The SMILES string of the molecule is N#Cc1c(Cl)cncc1Nc1cc(F)ccc1F. The molecule has 2 rings (SSSR count). The number of nitriles is 1. The topological polar surface area (TPSA) is 48.7 Å². The molecule has 90 valence electrons. The second-order valence-electron chi connectivity index (χ2n) is 3.40. The van der Waals surface area contributed by atoms with Crippen LogP contribution in [0.5, 0.6) is 0 Å². The number of halogens is 3. The summed E-state index contributed by atoms with van der Waals surface area (Å²) in [6, 6.07) is 4.84. The molecule has 0 saturated carbocycles. The molecule has 1 aromatic carbocycles. The lowest BCUT2D eigenvalue weighted by molar-refractivity contribution is 0.603. The highest BCUT2D eigenvalue weighted by atomic mass is 35.5. The number of aromatic nitrogens is 1. The summed E-state index contributed by atoms with van der Waals surface area (Å²) in [7, 11) is 0. The van der Waals surface area contributed by atoms with Crippen molar-refractivity contribution in [3.8, 4) is 6.07 Å². The molecule has 2 aromatic rings. The molecule has 18 heavy (non-hydrogen) atoms. The fourth-order valence-electron chi connectivity index (χ4n) is 1.38. The van der Waals surface area contributed by atoms with Gasteiger partial charge in [0, 0.05) is 12.3 Å². The zero-order valence-electron chi connectivity index (χ0n) is 8.92. The van der Waals surface area contributed by atoms with Crippen LogP contribution in [0.1, 0.15) is 5.56 Å². The largest absolute Gasteiger partial charge is 0.351 e. The summed E-state index contributed by atoms with van der Waals surface area (Å²) in [5.74, 6) is -1.23. The number of pyridine rings is 1. The maximum atomic E-state index is 13.4. The number of nitrogens with one attached hydrogen (secondary N) is 1. The van der Waals surface area contributed by atoms with Crippen LogP contribution in [0.3, 0.4) is 0 Å². The minimum Gasteiger partial charge on any atom is -0.351 e. The molecule has 0 saturated heterocycles. The fourth-order valence-corrected chi connectivity index (χ4v) is 1.58. The molecule has 0 aliphatic rings. The first-order valence-electron chi connectivity index (χ1n) is 4.87. The van der Waals surface area contributed by atoms with Crippen LogP contribution in [0.4, 0.5) is 20.2 Å². The Hall–Kier alpha value is -2.19. The van der Waals surface area contributed by atoms with Crippen LogP contribution in [0.2, 0.25) is 5.02 Å². The number of hydrogen-bond acceptors (Lipinski definition) is 3. The van der Waals surface area contributed by atoms with Crippen molar-refractivity contribution >= 4 is 23.0 Å². The third-order valence-electron chi connectivity index (χ3n) is 2.21. The molecule has 3 nitrogen and oxygen atoms in total. The van der Waals surface area contributed by atoms with E-state index < -0.39 is 11.6 Å². The zero-order chi connectivity index (χ0) is 13.1. The molecule has 1 N–H and O–H groups in total. The Morgan fingerprint density at radius 1 is 1.22 bits per heavy atom. The Bertz CT molecular complexity index is 638. The van der Waals surface area contributed by atoms with E-state index in [4.69, 9.17) is 16.9 Å². The van der Waals surface area contributed by atoms with E-state index in [0.29, 0.717) is 0 Å². The lowest BCUT2D eigenvalue weighted by atomic mass is 10.2. The van der Waals surface area contributed by atoms with Gasteiger partial charge < -0.3 is 5.32 Å². The summed E-state index contributed by atoms with van der Waals surface area (Å²) in [6.45, 7) is 0. The Morgan fingerprint density at radius 2 is 2.00 bits per heavy atom. The summed E-state index contributed by atoms with van der Waals surface area (Å²) in [5, 5.41) is 11.7. The van der Waals surface area contributed by atoms with Crippen LogP contribution in [0, 0.1) is 23.0 Å². The van der Waals surface area contributed by atoms with E-state index in [1.165, 1.54) is 12.4 Å².